The Bertz CT molecular complexity index is 761. The summed E-state index contributed by atoms with van der Waals surface area (Å²) in [6.45, 7) is 0.536. The first-order valence-electron chi connectivity index (χ1n) is 8.47. The fourth-order valence-electron chi connectivity index (χ4n) is 3.43. The number of methoxy groups -OCH3 is 4. The van der Waals surface area contributed by atoms with Crippen LogP contribution in [0.25, 0.3) is 0 Å². The highest BCUT2D eigenvalue weighted by Gasteiger charge is 2.27. The average molecular weight is 360 g/mol. The van der Waals surface area contributed by atoms with Crippen molar-refractivity contribution in [1.82, 2.24) is 0 Å². The van der Waals surface area contributed by atoms with Crippen LogP contribution >= 0.6 is 0 Å². The summed E-state index contributed by atoms with van der Waals surface area (Å²) in [5, 5.41) is 10.5. The van der Waals surface area contributed by atoms with Gasteiger partial charge >= 0.3 is 0 Å². The van der Waals surface area contributed by atoms with E-state index in [4.69, 9.17) is 23.7 Å². The third-order valence-corrected chi connectivity index (χ3v) is 4.69. The number of benzene rings is 2. The number of fused-ring (bicyclic) bond motifs is 1. The first kappa shape index (κ1) is 18.0. The maximum Gasteiger partial charge on any atom is 0.203 e. The molecule has 2 aromatic carbocycles. The molecule has 0 aromatic heterocycles. The fraction of sp³-hybridized carbons (Fsp3) is 0.400. The molecule has 6 heteroatoms. The van der Waals surface area contributed by atoms with Crippen molar-refractivity contribution in [3.05, 3.63) is 35.4 Å². The van der Waals surface area contributed by atoms with Crippen LogP contribution in [-0.4, -0.2) is 40.2 Å². The smallest absolute Gasteiger partial charge is 0.203 e. The molecular weight excluding hydrogens is 336 g/mol. The molecule has 1 atom stereocenters. The molecule has 1 unspecified atom stereocenters. The number of aromatic hydroxyl groups is 1. The Morgan fingerprint density at radius 2 is 1.58 bits per heavy atom. The van der Waals surface area contributed by atoms with Gasteiger partial charge < -0.3 is 28.8 Å². The lowest BCUT2D eigenvalue weighted by molar-refractivity contribution is 0.290. The molecule has 0 radical (unpaired) electrons. The third kappa shape index (κ3) is 3.07. The average Bonchev–Trinajstić information content (AvgIpc) is 2.90. The van der Waals surface area contributed by atoms with Crippen LogP contribution in [0.15, 0.2) is 24.3 Å². The predicted molar refractivity (Wildman–Crippen MR) is 97.3 cm³/mol. The topological polar surface area (TPSA) is 66.4 Å². The molecule has 1 N–H and O–H groups in total. The highest BCUT2D eigenvalue weighted by atomic mass is 16.5. The van der Waals surface area contributed by atoms with Gasteiger partial charge in [0.25, 0.3) is 0 Å². The Morgan fingerprint density at radius 1 is 0.923 bits per heavy atom. The SMILES string of the molecule is COc1ccc2c(c1O)OCCCC2c1cc(OC)c(OC)c(OC)c1. The molecule has 1 aliphatic rings. The number of rotatable bonds is 5. The van der Waals surface area contributed by atoms with Crippen molar-refractivity contribution in [2.75, 3.05) is 35.0 Å². The van der Waals surface area contributed by atoms with Gasteiger partial charge in [-0.3, -0.25) is 0 Å². The molecule has 6 nitrogen and oxygen atoms in total. The van der Waals surface area contributed by atoms with Gasteiger partial charge in [0.15, 0.2) is 23.0 Å². The highest BCUT2D eigenvalue weighted by Crippen LogP contribution is 2.48. The first-order valence-corrected chi connectivity index (χ1v) is 8.47. The molecular formula is C20H24O6. The van der Waals surface area contributed by atoms with E-state index in [0.717, 1.165) is 24.0 Å². The molecule has 26 heavy (non-hydrogen) atoms. The van der Waals surface area contributed by atoms with E-state index in [1.807, 2.05) is 18.2 Å². The van der Waals surface area contributed by atoms with Gasteiger partial charge in [-0.2, -0.15) is 0 Å². The lowest BCUT2D eigenvalue weighted by Crippen LogP contribution is -2.04. The molecule has 0 saturated heterocycles. The Labute approximate surface area is 153 Å². The van der Waals surface area contributed by atoms with Crippen LogP contribution in [0.4, 0.5) is 0 Å². The van der Waals surface area contributed by atoms with Gasteiger partial charge in [-0.15, -0.1) is 0 Å². The van der Waals surface area contributed by atoms with Crippen molar-refractivity contribution < 1.29 is 28.8 Å². The van der Waals surface area contributed by atoms with Gasteiger partial charge in [-0.1, -0.05) is 6.07 Å². The second-order valence-electron chi connectivity index (χ2n) is 6.04. The number of ether oxygens (including phenoxy) is 5. The monoisotopic (exact) mass is 360 g/mol. The van der Waals surface area contributed by atoms with Crippen molar-refractivity contribution >= 4 is 0 Å². The molecule has 1 heterocycles. The molecule has 3 rings (SSSR count). The molecule has 0 spiro atoms. The van der Waals surface area contributed by atoms with E-state index in [1.165, 1.54) is 7.11 Å². The molecule has 0 amide bonds. The van der Waals surface area contributed by atoms with Crippen LogP contribution in [-0.2, 0) is 0 Å². The minimum absolute atomic E-state index is 0.0259. The molecule has 0 fully saturated rings. The maximum absolute atomic E-state index is 10.5. The molecule has 2 aromatic rings. The van der Waals surface area contributed by atoms with Gasteiger partial charge in [0.2, 0.25) is 11.5 Å². The van der Waals surface area contributed by atoms with Crippen LogP contribution in [0.1, 0.15) is 29.9 Å². The van der Waals surface area contributed by atoms with Crippen molar-refractivity contribution in [2.24, 2.45) is 0 Å². The van der Waals surface area contributed by atoms with E-state index >= 15 is 0 Å². The Morgan fingerprint density at radius 3 is 2.15 bits per heavy atom. The minimum Gasteiger partial charge on any atom is -0.502 e. The largest absolute Gasteiger partial charge is 0.502 e. The number of hydrogen-bond donors (Lipinski definition) is 1. The number of phenols is 1. The van der Waals surface area contributed by atoms with Crippen LogP contribution in [0.5, 0.6) is 34.5 Å². The minimum atomic E-state index is 0.0259. The maximum atomic E-state index is 10.5. The second kappa shape index (κ2) is 7.64. The quantitative estimate of drug-likeness (QED) is 0.876. The van der Waals surface area contributed by atoms with E-state index in [9.17, 15) is 5.11 Å². The first-order chi connectivity index (χ1) is 12.6. The molecule has 0 aliphatic carbocycles. The molecule has 1 aliphatic heterocycles. The summed E-state index contributed by atoms with van der Waals surface area (Å²) in [6.07, 6.45) is 1.73. The van der Waals surface area contributed by atoms with E-state index in [-0.39, 0.29) is 11.7 Å². The third-order valence-electron chi connectivity index (χ3n) is 4.69. The van der Waals surface area contributed by atoms with Gasteiger partial charge in [-0.25, -0.2) is 0 Å². The molecule has 140 valence electrons. The van der Waals surface area contributed by atoms with E-state index in [2.05, 4.69) is 0 Å². The molecule has 0 bridgehead atoms. The highest BCUT2D eigenvalue weighted by molar-refractivity contribution is 5.60. The zero-order valence-corrected chi connectivity index (χ0v) is 15.5. The Hall–Kier alpha value is -2.76. The van der Waals surface area contributed by atoms with E-state index < -0.39 is 0 Å². The summed E-state index contributed by atoms with van der Waals surface area (Å²) in [5.41, 5.74) is 1.92. The number of hydrogen-bond acceptors (Lipinski definition) is 6. The Balaban J connectivity index is 2.15. The summed E-state index contributed by atoms with van der Waals surface area (Å²) in [6, 6.07) is 7.59. The van der Waals surface area contributed by atoms with Crippen molar-refractivity contribution in [1.29, 1.82) is 0 Å². The Kier molecular flexibility index (Phi) is 5.30. The lowest BCUT2D eigenvalue weighted by atomic mass is 9.87. The second-order valence-corrected chi connectivity index (χ2v) is 6.04. The van der Waals surface area contributed by atoms with Crippen LogP contribution < -0.4 is 23.7 Å². The predicted octanol–water partition coefficient (Wildman–Crippen LogP) is 3.73. The van der Waals surface area contributed by atoms with Crippen molar-refractivity contribution in [3.8, 4) is 34.5 Å². The standard InChI is InChI=1S/C20H24O6/c1-22-15-8-7-14-13(6-5-9-26-19(14)18(15)21)12-10-16(23-2)20(25-4)17(11-12)24-3/h7-8,10-11,13,21H,5-6,9H2,1-4H3. The zero-order chi connectivity index (χ0) is 18.7. The van der Waals surface area contributed by atoms with E-state index in [1.54, 1.807) is 27.4 Å². The van der Waals surface area contributed by atoms with Crippen molar-refractivity contribution in [3.63, 3.8) is 0 Å². The van der Waals surface area contributed by atoms with Gasteiger partial charge in [0.1, 0.15) is 0 Å². The summed E-state index contributed by atoms with van der Waals surface area (Å²) < 4.78 is 27.4. The van der Waals surface area contributed by atoms with Crippen LogP contribution in [0.3, 0.4) is 0 Å². The van der Waals surface area contributed by atoms with Crippen LogP contribution in [0.2, 0.25) is 0 Å². The van der Waals surface area contributed by atoms with Gasteiger partial charge in [0, 0.05) is 11.5 Å². The summed E-state index contributed by atoms with van der Waals surface area (Å²) in [7, 11) is 6.30. The summed E-state index contributed by atoms with van der Waals surface area (Å²) >= 11 is 0. The van der Waals surface area contributed by atoms with Gasteiger partial charge in [-0.05, 0) is 36.6 Å². The zero-order valence-electron chi connectivity index (χ0n) is 15.5. The fourth-order valence-corrected chi connectivity index (χ4v) is 3.43. The van der Waals surface area contributed by atoms with E-state index in [0.29, 0.717) is 35.4 Å². The molecule has 0 saturated carbocycles. The number of phenolic OH excluding ortho intramolecular Hbond substituents is 1. The van der Waals surface area contributed by atoms with Gasteiger partial charge in [0.05, 0.1) is 35.0 Å². The summed E-state index contributed by atoms with van der Waals surface area (Å²) in [5.74, 6) is 2.69. The van der Waals surface area contributed by atoms with Crippen molar-refractivity contribution in [2.45, 2.75) is 18.8 Å². The normalized spacial score (nSPS) is 16.1. The lowest BCUT2D eigenvalue weighted by Gasteiger charge is -2.21. The summed E-state index contributed by atoms with van der Waals surface area (Å²) in [4.78, 5) is 0. The van der Waals surface area contributed by atoms with Crippen LogP contribution in [0, 0.1) is 0 Å².